The van der Waals surface area contributed by atoms with E-state index in [1.165, 1.54) is 4.90 Å². The number of hydrogen-bond donors (Lipinski definition) is 1. The van der Waals surface area contributed by atoms with Gasteiger partial charge < -0.3 is 10.1 Å². The molecule has 1 aliphatic heterocycles. The summed E-state index contributed by atoms with van der Waals surface area (Å²) in [6.07, 6.45) is 3.60. The number of hydrogen-bond acceptors (Lipinski definition) is 6. The molecule has 6 nitrogen and oxygen atoms in total. The molecule has 3 amide bonds. The van der Waals surface area contributed by atoms with Crippen LogP contribution in [-0.2, 0) is 19.2 Å². The molecule has 2 unspecified atom stereocenters. The second-order valence-corrected chi connectivity index (χ2v) is 10.7. The molecule has 0 bridgehead atoms. The maximum absolute atomic E-state index is 12.3. The van der Waals surface area contributed by atoms with Crippen LogP contribution in [0.4, 0.5) is 0 Å². The highest BCUT2D eigenvalue weighted by molar-refractivity contribution is 8.77. The molecule has 0 saturated carbocycles. The van der Waals surface area contributed by atoms with Crippen molar-refractivity contribution in [1.29, 1.82) is 0 Å². The van der Waals surface area contributed by atoms with E-state index in [4.69, 9.17) is 0 Å². The van der Waals surface area contributed by atoms with Crippen LogP contribution in [0.15, 0.2) is 0 Å². The van der Waals surface area contributed by atoms with Gasteiger partial charge in [-0.15, -0.1) is 0 Å². The van der Waals surface area contributed by atoms with Gasteiger partial charge in [-0.2, -0.15) is 0 Å². The zero-order valence-corrected chi connectivity index (χ0v) is 18.4. The normalized spacial score (nSPS) is 18.7. The Kier molecular flexibility index (Phi) is 10.4. The molecule has 0 aromatic heterocycles. The van der Waals surface area contributed by atoms with Crippen molar-refractivity contribution in [2.75, 3.05) is 18.8 Å². The maximum atomic E-state index is 12.3. The van der Waals surface area contributed by atoms with Crippen LogP contribution in [0.2, 0.25) is 0 Å². The maximum Gasteiger partial charge on any atom is 0.233 e. The van der Waals surface area contributed by atoms with Crippen LogP contribution in [0, 0.1) is 11.8 Å². The molecule has 0 radical (unpaired) electrons. The van der Waals surface area contributed by atoms with Crippen LogP contribution in [-0.4, -0.2) is 52.5 Å². The van der Waals surface area contributed by atoms with Gasteiger partial charge in [0.2, 0.25) is 17.7 Å². The molecule has 1 fully saturated rings. The third kappa shape index (κ3) is 8.25. The van der Waals surface area contributed by atoms with Gasteiger partial charge in [0.05, 0.1) is 0 Å². The first kappa shape index (κ1) is 24.0. The van der Waals surface area contributed by atoms with Crippen molar-refractivity contribution in [3.8, 4) is 0 Å². The fourth-order valence-electron chi connectivity index (χ4n) is 2.86. The number of rotatable bonds is 13. The Labute approximate surface area is 170 Å². The summed E-state index contributed by atoms with van der Waals surface area (Å²) in [5.41, 5.74) is 0. The van der Waals surface area contributed by atoms with E-state index in [9.17, 15) is 19.2 Å². The Balaban J connectivity index is 2.23. The van der Waals surface area contributed by atoms with Crippen molar-refractivity contribution in [3.05, 3.63) is 0 Å². The van der Waals surface area contributed by atoms with Gasteiger partial charge in [-0.05, 0) is 26.2 Å². The van der Waals surface area contributed by atoms with E-state index in [0.29, 0.717) is 13.0 Å². The van der Waals surface area contributed by atoms with Crippen molar-refractivity contribution in [3.63, 3.8) is 0 Å². The first-order chi connectivity index (χ1) is 12.7. The van der Waals surface area contributed by atoms with Crippen LogP contribution in [0.5, 0.6) is 0 Å². The molecule has 1 N–H and O–H groups in total. The predicted octanol–water partition coefficient (Wildman–Crippen LogP) is 3.05. The number of carbonyl (C=O) groups excluding carboxylic acids is 4. The summed E-state index contributed by atoms with van der Waals surface area (Å²) < 4.78 is 0.0260. The van der Waals surface area contributed by atoms with Gasteiger partial charge >= 0.3 is 0 Å². The monoisotopic (exact) mass is 416 g/mol. The molecule has 0 aliphatic carbocycles. The van der Waals surface area contributed by atoms with Crippen molar-refractivity contribution >= 4 is 45.6 Å². The Morgan fingerprint density at radius 2 is 2.11 bits per heavy atom. The number of nitrogens with one attached hydrogen (secondary N) is 1. The highest BCUT2D eigenvalue weighted by Gasteiger charge is 2.40. The molecule has 2 atom stereocenters. The lowest BCUT2D eigenvalue weighted by molar-refractivity contribution is -0.140. The van der Waals surface area contributed by atoms with Gasteiger partial charge in [-0.25, -0.2) is 0 Å². The zero-order chi connectivity index (χ0) is 20.4. The molecule has 154 valence electrons. The number of nitrogens with zero attached hydrogens (tertiary/aromatic N) is 1. The highest BCUT2D eigenvalue weighted by Crippen LogP contribution is 2.38. The number of imide groups is 1. The quantitative estimate of drug-likeness (QED) is 0.215. The van der Waals surface area contributed by atoms with Crippen molar-refractivity contribution < 1.29 is 19.2 Å². The first-order valence-corrected chi connectivity index (χ1v) is 11.9. The van der Waals surface area contributed by atoms with Crippen LogP contribution in [0.1, 0.15) is 59.8 Å². The number of likely N-dealkylation sites (tertiary alicyclic amines) is 1. The summed E-state index contributed by atoms with van der Waals surface area (Å²) in [5.74, 6) is 0.272. The number of aldehydes is 1. The largest absolute Gasteiger partial charge is 0.355 e. The minimum atomic E-state index is -0.235. The first-order valence-electron chi connectivity index (χ1n) is 9.57. The molecule has 0 aromatic rings. The van der Waals surface area contributed by atoms with Gasteiger partial charge in [0.15, 0.2) is 0 Å². The minimum absolute atomic E-state index is 0.0260. The Bertz CT molecular complexity index is 540. The number of carbonyl (C=O) groups is 4. The van der Waals surface area contributed by atoms with Gasteiger partial charge in [0.25, 0.3) is 0 Å². The van der Waals surface area contributed by atoms with Crippen molar-refractivity contribution in [2.45, 2.75) is 64.5 Å². The number of amides is 3. The molecular formula is C19H32N2O4S2. The van der Waals surface area contributed by atoms with E-state index in [-0.39, 0.29) is 53.7 Å². The highest BCUT2D eigenvalue weighted by atomic mass is 33.1. The molecule has 8 heteroatoms. The van der Waals surface area contributed by atoms with Crippen LogP contribution < -0.4 is 5.32 Å². The van der Waals surface area contributed by atoms with E-state index >= 15 is 0 Å². The van der Waals surface area contributed by atoms with E-state index in [1.54, 1.807) is 21.6 Å². The van der Waals surface area contributed by atoms with Crippen LogP contribution in [0.3, 0.4) is 0 Å². The second kappa shape index (κ2) is 11.7. The van der Waals surface area contributed by atoms with Gasteiger partial charge in [0.1, 0.15) is 6.29 Å². The van der Waals surface area contributed by atoms with Gasteiger partial charge in [-0.1, -0.05) is 41.9 Å². The summed E-state index contributed by atoms with van der Waals surface area (Å²) in [5, 5.41) is 2.83. The molecule has 1 aliphatic rings. The lowest BCUT2D eigenvalue weighted by Crippen LogP contribution is -2.36. The molecule has 1 saturated heterocycles. The fraction of sp³-hybridized carbons (Fsp3) is 0.789. The fourth-order valence-corrected chi connectivity index (χ4v) is 5.35. The summed E-state index contributed by atoms with van der Waals surface area (Å²) in [6, 6.07) is 0. The smallest absolute Gasteiger partial charge is 0.233 e. The van der Waals surface area contributed by atoms with Gasteiger partial charge in [0, 0.05) is 48.8 Å². The van der Waals surface area contributed by atoms with E-state index < -0.39 is 0 Å². The zero-order valence-electron chi connectivity index (χ0n) is 16.8. The van der Waals surface area contributed by atoms with Crippen molar-refractivity contribution in [1.82, 2.24) is 10.2 Å². The summed E-state index contributed by atoms with van der Waals surface area (Å²) in [7, 11) is 3.39. The SMILES string of the molecule is CCC(C)C1CC(=O)N(CCC(=O)NCCSSC(C)(C)CCC=O)C1=O. The third-order valence-electron chi connectivity index (χ3n) is 4.83. The summed E-state index contributed by atoms with van der Waals surface area (Å²) in [6.45, 7) is 8.90. The molecule has 27 heavy (non-hydrogen) atoms. The summed E-state index contributed by atoms with van der Waals surface area (Å²) in [4.78, 5) is 48.1. The van der Waals surface area contributed by atoms with Gasteiger partial charge in [-0.3, -0.25) is 19.3 Å². The Hall–Kier alpha value is -1.02. The average Bonchev–Trinajstić information content (AvgIpc) is 2.91. The predicted molar refractivity (Wildman–Crippen MR) is 111 cm³/mol. The van der Waals surface area contributed by atoms with E-state index in [1.807, 2.05) is 13.8 Å². The standard InChI is InChI=1S/C19H32N2O4S2/c1-5-14(2)15-13-17(24)21(18(15)25)10-7-16(23)20-9-12-26-27-19(3,4)8-6-11-22/h11,14-15H,5-10,12-13H2,1-4H3,(H,20,23). The van der Waals surface area contributed by atoms with Crippen LogP contribution in [0.25, 0.3) is 0 Å². The molecular weight excluding hydrogens is 384 g/mol. The third-order valence-corrected chi connectivity index (χ3v) is 8.18. The second-order valence-electron chi connectivity index (χ2n) is 7.55. The molecule has 1 heterocycles. The summed E-state index contributed by atoms with van der Waals surface area (Å²) >= 11 is 0. The molecule has 0 spiro atoms. The Morgan fingerprint density at radius 3 is 2.74 bits per heavy atom. The van der Waals surface area contributed by atoms with E-state index in [0.717, 1.165) is 24.9 Å². The Morgan fingerprint density at radius 1 is 1.41 bits per heavy atom. The van der Waals surface area contributed by atoms with Crippen molar-refractivity contribution in [2.24, 2.45) is 11.8 Å². The van der Waals surface area contributed by atoms with Crippen LogP contribution >= 0.6 is 21.6 Å². The molecule has 0 aromatic carbocycles. The lowest BCUT2D eigenvalue weighted by Gasteiger charge is -2.21. The average molecular weight is 417 g/mol. The lowest BCUT2D eigenvalue weighted by atomic mass is 9.90. The molecule has 1 rings (SSSR count). The topological polar surface area (TPSA) is 83.6 Å². The van der Waals surface area contributed by atoms with E-state index in [2.05, 4.69) is 19.2 Å². The minimum Gasteiger partial charge on any atom is -0.355 e.